The molecule has 1 saturated heterocycles. The van der Waals surface area contributed by atoms with Gasteiger partial charge in [0, 0.05) is 0 Å². The van der Waals surface area contributed by atoms with E-state index in [1.807, 2.05) is 36.4 Å². The molecule has 0 unspecified atom stereocenters. The average molecular weight is 453 g/mol. The fourth-order valence-electron chi connectivity index (χ4n) is 3.93. The zero-order chi connectivity index (χ0) is 24.0. The van der Waals surface area contributed by atoms with Gasteiger partial charge in [-0.2, -0.15) is 0 Å². The minimum atomic E-state index is -1.17. The normalized spacial score (nSPS) is 18.7. The number of ether oxygens (including phenoxy) is 2. The number of hydrogen-bond donors (Lipinski definition) is 2. The molecule has 2 aromatic carbocycles. The molecule has 3 rings (SSSR count). The van der Waals surface area contributed by atoms with Crippen molar-refractivity contribution < 1.29 is 24.2 Å². The fraction of sp³-hybridized carbons (Fsp3) is 0.385. The van der Waals surface area contributed by atoms with Gasteiger partial charge in [-0.25, -0.2) is 4.79 Å². The first-order valence-electron chi connectivity index (χ1n) is 11.1. The SMILES string of the molecule is C=CCc1ccc(OC[C@@H](O)CN2C(=O)N[C@](C)(c3ccc(CCC)cc3)C2=O)c(OC)c1. The number of β-amino-alcohol motifs (C(OH)–C–C–N with tert-alkyl or cyclic N) is 1. The number of aliphatic hydroxyl groups excluding tert-OH is 1. The van der Waals surface area contributed by atoms with Gasteiger partial charge >= 0.3 is 6.03 Å². The number of hydrogen-bond acceptors (Lipinski definition) is 5. The highest BCUT2D eigenvalue weighted by Crippen LogP contribution is 2.30. The van der Waals surface area contributed by atoms with Crippen molar-refractivity contribution in [2.75, 3.05) is 20.3 Å². The molecule has 1 fully saturated rings. The van der Waals surface area contributed by atoms with E-state index in [1.54, 1.807) is 26.2 Å². The summed E-state index contributed by atoms with van der Waals surface area (Å²) >= 11 is 0. The van der Waals surface area contributed by atoms with Crippen LogP contribution in [0, 0.1) is 0 Å². The van der Waals surface area contributed by atoms with Crippen LogP contribution in [0.15, 0.2) is 55.1 Å². The number of carbonyl (C=O) groups excluding carboxylic acids is 2. The number of methoxy groups -OCH3 is 1. The summed E-state index contributed by atoms with van der Waals surface area (Å²) in [6.07, 6.45) is 3.42. The van der Waals surface area contributed by atoms with Crippen LogP contribution in [0.3, 0.4) is 0 Å². The predicted molar refractivity (Wildman–Crippen MR) is 126 cm³/mol. The van der Waals surface area contributed by atoms with Gasteiger partial charge in [0.2, 0.25) is 0 Å². The number of benzene rings is 2. The highest BCUT2D eigenvalue weighted by atomic mass is 16.5. The summed E-state index contributed by atoms with van der Waals surface area (Å²) < 4.78 is 11.1. The third-order valence-electron chi connectivity index (χ3n) is 5.78. The molecular weight excluding hydrogens is 420 g/mol. The first-order valence-corrected chi connectivity index (χ1v) is 11.1. The Bertz CT molecular complexity index is 1000. The number of urea groups is 1. The minimum Gasteiger partial charge on any atom is -0.493 e. The molecule has 7 nitrogen and oxygen atoms in total. The lowest BCUT2D eigenvalue weighted by Gasteiger charge is -2.23. The molecule has 0 bridgehead atoms. The summed E-state index contributed by atoms with van der Waals surface area (Å²) in [5, 5.41) is 13.3. The highest BCUT2D eigenvalue weighted by Gasteiger charge is 2.49. The van der Waals surface area contributed by atoms with Crippen LogP contribution >= 0.6 is 0 Å². The van der Waals surface area contributed by atoms with Gasteiger partial charge in [-0.1, -0.05) is 49.8 Å². The summed E-state index contributed by atoms with van der Waals surface area (Å²) in [5.41, 5.74) is 1.74. The van der Waals surface area contributed by atoms with Crippen LogP contribution in [-0.4, -0.2) is 48.3 Å². The summed E-state index contributed by atoms with van der Waals surface area (Å²) in [6.45, 7) is 7.24. The van der Waals surface area contributed by atoms with E-state index in [1.165, 1.54) is 5.56 Å². The Morgan fingerprint density at radius 1 is 1.15 bits per heavy atom. The molecule has 0 spiro atoms. The number of carbonyl (C=O) groups is 2. The number of nitrogens with zero attached hydrogens (tertiary/aromatic N) is 1. The molecule has 1 aliphatic heterocycles. The quantitative estimate of drug-likeness (QED) is 0.402. The lowest BCUT2D eigenvalue weighted by molar-refractivity contribution is -0.132. The van der Waals surface area contributed by atoms with Gasteiger partial charge in [-0.15, -0.1) is 6.58 Å². The van der Waals surface area contributed by atoms with Crippen molar-refractivity contribution in [2.45, 2.75) is 44.8 Å². The van der Waals surface area contributed by atoms with E-state index in [0.717, 1.165) is 23.3 Å². The second kappa shape index (κ2) is 10.5. The zero-order valence-electron chi connectivity index (χ0n) is 19.5. The largest absolute Gasteiger partial charge is 0.493 e. The summed E-state index contributed by atoms with van der Waals surface area (Å²) in [7, 11) is 1.54. The predicted octanol–water partition coefficient (Wildman–Crippen LogP) is 3.58. The lowest BCUT2D eigenvalue weighted by Crippen LogP contribution is -2.42. The monoisotopic (exact) mass is 452 g/mol. The van der Waals surface area contributed by atoms with Crippen molar-refractivity contribution in [3.8, 4) is 11.5 Å². The first-order chi connectivity index (χ1) is 15.8. The molecule has 3 amide bonds. The molecule has 2 atom stereocenters. The number of allylic oxidation sites excluding steroid dienone is 1. The topological polar surface area (TPSA) is 88.1 Å². The molecule has 0 aromatic heterocycles. The van der Waals surface area contributed by atoms with E-state index in [0.29, 0.717) is 23.5 Å². The van der Waals surface area contributed by atoms with Crippen molar-refractivity contribution in [1.29, 1.82) is 0 Å². The van der Waals surface area contributed by atoms with Gasteiger partial charge in [0.05, 0.1) is 13.7 Å². The van der Waals surface area contributed by atoms with Gasteiger partial charge in [0.15, 0.2) is 11.5 Å². The van der Waals surface area contributed by atoms with Crippen LogP contribution in [0.25, 0.3) is 0 Å². The summed E-state index contributed by atoms with van der Waals surface area (Å²) in [4.78, 5) is 26.7. The van der Waals surface area contributed by atoms with E-state index in [4.69, 9.17) is 9.47 Å². The van der Waals surface area contributed by atoms with Gasteiger partial charge in [-0.05, 0) is 48.6 Å². The second-order valence-electron chi connectivity index (χ2n) is 8.36. The molecule has 176 valence electrons. The Hall–Kier alpha value is -3.32. The second-order valence-corrected chi connectivity index (χ2v) is 8.36. The molecule has 7 heteroatoms. The molecule has 2 aromatic rings. The lowest BCUT2D eigenvalue weighted by atomic mass is 9.91. The van der Waals surface area contributed by atoms with E-state index in [2.05, 4.69) is 18.8 Å². The number of aliphatic hydroxyl groups is 1. The maximum Gasteiger partial charge on any atom is 0.325 e. The Labute approximate surface area is 195 Å². The average Bonchev–Trinajstić information content (AvgIpc) is 3.02. The molecule has 0 radical (unpaired) electrons. The van der Waals surface area contributed by atoms with Crippen molar-refractivity contribution in [3.05, 3.63) is 71.8 Å². The van der Waals surface area contributed by atoms with E-state index in [9.17, 15) is 14.7 Å². The standard InChI is InChI=1S/C26H32N2O5/c1-5-7-18-9-12-20(13-10-18)26(3)24(30)28(25(31)27-26)16-21(29)17-33-22-14-11-19(8-6-2)15-23(22)32-4/h6,9-15,21,29H,2,5,7-8,16-17H2,1,3-4H3,(H,27,31)/t21-,26+/m0/s1. The maximum atomic E-state index is 13.1. The van der Waals surface area contributed by atoms with Gasteiger partial charge in [0.25, 0.3) is 5.91 Å². The van der Waals surface area contributed by atoms with Gasteiger partial charge in [0.1, 0.15) is 18.2 Å². The number of nitrogens with one attached hydrogen (secondary N) is 1. The smallest absolute Gasteiger partial charge is 0.325 e. The summed E-state index contributed by atoms with van der Waals surface area (Å²) in [5.74, 6) is 0.607. The van der Waals surface area contributed by atoms with Gasteiger partial charge in [-0.3, -0.25) is 9.69 Å². The van der Waals surface area contributed by atoms with Crippen molar-refractivity contribution >= 4 is 11.9 Å². The van der Waals surface area contributed by atoms with E-state index < -0.39 is 23.6 Å². The fourth-order valence-corrected chi connectivity index (χ4v) is 3.93. The molecule has 0 aliphatic carbocycles. The van der Waals surface area contributed by atoms with Crippen LogP contribution < -0.4 is 14.8 Å². The van der Waals surface area contributed by atoms with Gasteiger partial charge < -0.3 is 19.9 Å². The molecular formula is C26H32N2O5. The third-order valence-corrected chi connectivity index (χ3v) is 5.78. The number of aryl methyl sites for hydroxylation is 1. The number of amides is 3. The zero-order valence-corrected chi connectivity index (χ0v) is 19.5. The van der Waals surface area contributed by atoms with Crippen LogP contribution in [0.1, 0.15) is 37.0 Å². The third kappa shape index (κ3) is 5.37. The number of imide groups is 1. The van der Waals surface area contributed by atoms with Crippen molar-refractivity contribution in [2.24, 2.45) is 0 Å². The molecule has 2 N–H and O–H groups in total. The Morgan fingerprint density at radius 2 is 1.85 bits per heavy atom. The first kappa shape index (κ1) is 24.3. The Balaban J connectivity index is 1.64. The Kier molecular flexibility index (Phi) is 7.76. The van der Waals surface area contributed by atoms with E-state index >= 15 is 0 Å². The van der Waals surface area contributed by atoms with Crippen molar-refractivity contribution in [3.63, 3.8) is 0 Å². The van der Waals surface area contributed by atoms with Crippen LogP contribution in [0.2, 0.25) is 0 Å². The van der Waals surface area contributed by atoms with Crippen LogP contribution in [0.5, 0.6) is 11.5 Å². The Morgan fingerprint density at radius 3 is 2.48 bits per heavy atom. The van der Waals surface area contributed by atoms with Crippen LogP contribution in [-0.2, 0) is 23.2 Å². The molecule has 1 aliphatic rings. The number of rotatable bonds is 11. The maximum absolute atomic E-state index is 13.1. The van der Waals surface area contributed by atoms with Crippen molar-refractivity contribution in [1.82, 2.24) is 10.2 Å². The highest BCUT2D eigenvalue weighted by molar-refractivity contribution is 6.07. The molecule has 0 saturated carbocycles. The molecule has 33 heavy (non-hydrogen) atoms. The minimum absolute atomic E-state index is 0.101. The summed E-state index contributed by atoms with van der Waals surface area (Å²) in [6, 6.07) is 12.6. The molecule has 1 heterocycles. The van der Waals surface area contributed by atoms with Crippen LogP contribution in [0.4, 0.5) is 4.79 Å². The van der Waals surface area contributed by atoms with E-state index in [-0.39, 0.29) is 13.2 Å².